The molecule has 0 spiro atoms. The smallest absolute Gasteiger partial charge is 0.304 e. The number of rotatable bonds is 6. The van der Waals surface area contributed by atoms with Crippen LogP contribution in [0.25, 0.3) is 84.7 Å². The molecule has 6 aromatic carbocycles. The molecule has 0 saturated heterocycles. The molecule has 29 heteroatoms. The molecule has 3 saturated carbocycles. The highest BCUT2D eigenvalue weighted by Gasteiger charge is 2.38. The van der Waals surface area contributed by atoms with E-state index in [9.17, 15) is 54.0 Å². The van der Waals surface area contributed by atoms with Gasteiger partial charge in [-0.2, -0.15) is 38.2 Å². The second kappa shape index (κ2) is 38.2. The number of ether oxygens (including phenoxy) is 2. The van der Waals surface area contributed by atoms with Gasteiger partial charge < -0.3 is 33.4 Å². The molecule has 9 aliphatic rings. The highest BCUT2D eigenvalue weighted by Crippen LogP contribution is 2.52. The molecule has 127 heavy (non-hydrogen) atoms. The zero-order chi connectivity index (χ0) is 89.3. The highest BCUT2D eigenvalue weighted by molar-refractivity contribution is 7.88. The molecular formula is C98H116ClN11O14S3. The number of carbonyl (C=O) groups is 6. The van der Waals surface area contributed by atoms with Crippen LogP contribution in [-0.4, -0.2) is 166 Å². The van der Waals surface area contributed by atoms with Crippen LogP contribution in [0.2, 0.25) is 5.02 Å². The van der Waals surface area contributed by atoms with Crippen molar-refractivity contribution in [3.63, 3.8) is 0 Å². The van der Waals surface area contributed by atoms with Gasteiger partial charge in [-0.15, -0.1) is 0 Å². The van der Waals surface area contributed by atoms with Gasteiger partial charge in [0, 0.05) is 154 Å². The summed E-state index contributed by atoms with van der Waals surface area (Å²) in [4.78, 5) is 83.2. The third-order valence-corrected chi connectivity index (χ3v) is 32.0. The molecule has 0 radical (unpaired) electrons. The molecule has 18 rings (SSSR count). The molecule has 3 aromatic heterocycles. The lowest BCUT2D eigenvalue weighted by molar-refractivity contribution is -0.126. The van der Waals surface area contributed by atoms with Crippen molar-refractivity contribution in [2.75, 3.05) is 68.1 Å². The van der Waals surface area contributed by atoms with Crippen molar-refractivity contribution in [3.8, 4) is 45.3 Å². The lowest BCUT2D eigenvalue weighted by Crippen LogP contribution is -2.47. The third-order valence-electron chi connectivity index (χ3n) is 27.2. The molecule has 0 atom stereocenters. The van der Waals surface area contributed by atoms with Gasteiger partial charge in [0.05, 0.1) is 50.9 Å². The first-order valence-electron chi connectivity index (χ1n) is 45.3. The first-order valence-corrected chi connectivity index (χ1v) is 50.0. The van der Waals surface area contributed by atoms with Crippen molar-refractivity contribution in [2.45, 2.75) is 218 Å². The zero-order valence-electron chi connectivity index (χ0n) is 73.7. The molecule has 672 valence electrons. The van der Waals surface area contributed by atoms with Crippen molar-refractivity contribution < 1.29 is 63.5 Å². The molecule has 25 nitrogen and oxygen atoms in total. The van der Waals surface area contributed by atoms with E-state index in [1.54, 1.807) is 76.4 Å². The summed E-state index contributed by atoms with van der Waals surface area (Å²) in [7, 11) is -4.01. The minimum Gasteiger partial charge on any atom is -0.497 e. The maximum atomic E-state index is 14.0. The lowest BCUT2D eigenvalue weighted by Gasteiger charge is -2.26. The molecule has 9 heterocycles. The Morgan fingerprint density at radius 3 is 1.27 bits per heavy atom. The normalized spacial score (nSPS) is 20.4. The van der Waals surface area contributed by atoms with E-state index in [0.717, 1.165) is 197 Å². The van der Waals surface area contributed by atoms with Gasteiger partial charge in [-0.3, -0.25) is 28.8 Å². The van der Waals surface area contributed by atoms with Gasteiger partial charge in [-0.05, 0) is 245 Å². The molecule has 0 unspecified atom stereocenters. The van der Waals surface area contributed by atoms with E-state index in [-0.39, 0.29) is 53.4 Å². The van der Waals surface area contributed by atoms with Crippen molar-refractivity contribution in [2.24, 2.45) is 0 Å². The Morgan fingerprint density at radius 2 is 0.795 bits per heavy atom. The van der Waals surface area contributed by atoms with Crippen molar-refractivity contribution in [1.82, 2.24) is 51.0 Å². The largest absolute Gasteiger partial charge is 0.497 e. The Balaban J connectivity index is 0.000000140. The Labute approximate surface area is 750 Å². The predicted molar refractivity (Wildman–Crippen MR) is 500 cm³/mol. The molecule has 12 bridgehead atoms. The van der Waals surface area contributed by atoms with Crippen molar-refractivity contribution >= 4 is 128 Å². The molecule has 3 fully saturated rings. The number of allylic oxidation sites excluding steroid dienone is 1. The third kappa shape index (κ3) is 18.9. The first kappa shape index (κ1) is 90.2. The highest BCUT2D eigenvalue weighted by atomic mass is 35.5. The van der Waals surface area contributed by atoms with Gasteiger partial charge in [0.25, 0.3) is 23.6 Å². The summed E-state index contributed by atoms with van der Waals surface area (Å²) in [6.45, 7) is 6.44. The number of carbonyl (C=O) groups excluding carboxylic acids is 6. The van der Waals surface area contributed by atoms with Crippen LogP contribution in [0.4, 0.5) is 0 Å². The van der Waals surface area contributed by atoms with Gasteiger partial charge in [-0.25, -0.2) is 14.2 Å². The van der Waals surface area contributed by atoms with Gasteiger partial charge in [0.2, 0.25) is 5.91 Å². The number of hydrogen-bond acceptors (Lipinski definition) is 14. The number of fused-ring (bicyclic) bond motifs is 12. The number of ketones is 1. The van der Waals surface area contributed by atoms with Crippen LogP contribution >= 0.6 is 11.6 Å². The van der Waals surface area contributed by atoms with Crippen LogP contribution in [0.5, 0.6) is 11.5 Å². The van der Waals surface area contributed by atoms with Crippen LogP contribution in [0, 0.1) is 0 Å². The monoisotopic (exact) mass is 1800 g/mol. The summed E-state index contributed by atoms with van der Waals surface area (Å²) in [5.74, 6) is 0.410. The van der Waals surface area contributed by atoms with Gasteiger partial charge >= 0.3 is 30.6 Å². The SMILES string of the molecule is CN1CCCCCNC(=O)C2=Cc3ccc(Cl)cc3-c3c(C4CCCCC4)c4ccc(cc4n3C2)C(=O)NS1(=O)=O.COc1ccc2c(c1)C=C1Cn3c-2c(C2CCCCC2)c2ccc(cc23)C(=O)NS(=O)(=O)N(C(C)C)CCCCN(C)C1=O.COc1ccc2c(c1)C=C1Cn3c-2c(C2CCCCC2)c2ccc(cc23)C(=O)NS(=O)(=O)N(C)CCCCCCC1=O. The maximum Gasteiger partial charge on any atom is 0.304 e. The second-order valence-corrected chi connectivity index (χ2v) is 41.5. The summed E-state index contributed by atoms with van der Waals surface area (Å²) in [5, 5.41) is 6.81. The lowest BCUT2D eigenvalue weighted by atomic mass is 9.81. The quantitative estimate of drug-likeness (QED) is 0.120. The van der Waals surface area contributed by atoms with Crippen LogP contribution < -0.4 is 29.0 Å². The van der Waals surface area contributed by atoms with E-state index in [1.807, 2.05) is 78.9 Å². The number of aromatic nitrogens is 3. The average molecular weight is 1800 g/mol. The minimum absolute atomic E-state index is 0.0676. The van der Waals surface area contributed by atoms with Crippen LogP contribution in [0.3, 0.4) is 0 Å². The first-order chi connectivity index (χ1) is 61.1. The topological polar surface area (TPSA) is 299 Å². The van der Waals surface area contributed by atoms with E-state index in [4.69, 9.17) is 21.1 Å². The average Bonchev–Trinajstić information content (AvgIpc) is 1.58. The maximum absolute atomic E-state index is 14.0. The number of nitrogens with zero attached hydrogens (tertiary/aromatic N) is 7. The van der Waals surface area contributed by atoms with Crippen molar-refractivity contribution in [1.29, 1.82) is 0 Å². The molecule has 5 amide bonds. The summed E-state index contributed by atoms with van der Waals surface area (Å²) < 4.78 is 107. The van der Waals surface area contributed by atoms with E-state index in [1.165, 1.54) is 75.8 Å². The predicted octanol–water partition coefficient (Wildman–Crippen LogP) is 17.5. The molecule has 6 aliphatic heterocycles. The molecule has 4 N–H and O–H groups in total. The van der Waals surface area contributed by atoms with E-state index in [2.05, 4.69) is 45.3 Å². The Kier molecular flexibility index (Phi) is 27.1. The standard InChI is InChI=1S/C34H42N4O5S.C33H39N3O5S.C31H35ClN4O4S/c1-22(2)38-17-9-8-16-36(3)34(40)26-18-25-19-27(43-4)13-15-28(25)32-31(23-10-6-5-7-11-23)29-14-12-24(20-30(29)37(32)21-26)33(39)35-44(38,41)42;1-35-17-9-4-3-8-12-30(37)25-18-24-19-26(41-2)14-16-27(24)32-31(22-10-6-5-7-11-22)28-15-13-23(20-29(28)36(32)21-25)33(38)34-42(35,39)40;1-35-15-7-3-6-14-33-30(37)23-16-21-10-12-24(32)18-26(21)29-28(20-8-4-2-5-9-20)25-13-11-22(17-27(25)36(29)19-23)31(38)34-41(35,39)40/h12-15,18-20,22-23H,5-11,16-17,21H2,1-4H3,(H,35,39);13-16,18-20,22H,3-12,17,21H2,1-2H3,(H,34,38);10-13,16-18,20H,2-9,14-15,19H2,1H3,(H,33,37)(H,34,38). The molecule has 3 aliphatic carbocycles. The Morgan fingerprint density at radius 1 is 0.394 bits per heavy atom. The van der Waals surface area contributed by atoms with E-state index in [0.29, 0.717) is 105 Å². The summed E-state index contributed by atoms with van der Waals surface area (Å²) in [6, 6.07) is 33.9. The summed E-state index contributed by atoms with van der Waals surface area (Å²) in [5.41, 5.74) is 18.0. The Hall–Kier alpha value is -10.2. The number of benzene rings is 6. The number of methoxy groups -OCH3 is 2. The fraction of sp³-hybridized carbons (Fsp3) is 0.449. The number of nitrogens with one attached hydrogen (secondary N) is 4. The second-order valence-electron chi connectivity index (χ2n) is 35.9. The summed E-state index contributed by atoms with van der Waals surface area (Å²) in [6.07, 6.45) is 29.7. The number of amides is 5. The fourth-order valence-electron chi connectivity index (χ4n) is 20.5. The molecular weight excluding hydrogens is 1690 g/mol. The van der Waals surface area contributed by atoms with Gasteiger partial charge in [-0.1, -0.05) is 113 Å². The van der Waals surface area contributed by atoms with Crippen LogP contribution in [0.15, 0.2) is 126 Å². The van der Waals surface area contributed by atoms with Crippen LogP contribution in [0.1, 0.15) is 257 Å². The van der Waals surface area contributed by atoms with Gasteiger partial charge in [0.15, 0.2) is 5.78 Å². The van der Waals surface area contributed by atoms with E-state index >= 15 is 0 Å². The number of Topliss-reactive ketones (excluding diaryl/α,β-unsaturated/α-hetero) is 1. The number of hydrogen-bond donors (Lipinski definition) is 4. The summed E-state index contributed by atoms with van der Waals surface area (Å²) >= 11 is 6.55. The van der Waals surface area contributed by atoms with Crippen LogP contribution in [-0.2, 0) is 64.6 Å². The van der Waals surface area contributed by atoms with Crippen molar-refractivity contribution in [3.05, 3.63) is 181 Å². The fourth-order valence-corrected chi connectivity index (χ4v) is 23.9. The number of likely N-dealkylation sites (N-methyl/N-ethyl adjacent to an activating group) is 1. The minimum atomic E-state index is -4.08. The molecule has 9 aromatic rings. The van der Waals surface area contributed by atoms with Gasteiger partial charge in [0.1, 0.15) is 11.5 Å². The number of halogens is 1. The van der Waals surface area contributed by atoms with E-state index < -0.39 is 48.3 Å². The zero-order valence-corrected chi connectivity index (χ0v) is 76.9. The Bertz CT molecular complexity index is 6300.